The van der Waals surface area contributed by atoms with E-state index in [0.717, 1.165) is 54.6 Å². The van der Waals surface area contributed by atoms with E-state index in [1.165, 1.54) is 22.7 Å². The lowest BCUT2D eigenvalue weighted by molar-refractivity contribution is -0.117. The number of nitrogens with zero attached hydrogens (tertiary/aromatic N) is 4. The van der Waals surface area contributed by atoms with Gasteiger partial charge in [0.15, 0.2) is 10.3 Å². The average Bonchev–Trinajstić information content (AvgIpc) is 3.54. The third-order valence-electron chi connectivity index (χ3n) is 5.26. The maximum atomic E-state index is 12.2. The quantitative estimate of drug-likeness (QED) is 0.227. The maximum absolute atomic E-state index is 12.2. The van der Waals surface area contributed by atoms with Crippen molar-refractivity contribution in [3.63, 3.8) is 0 Å². The minimum atomic E-state index is -0.0189. The molecule has 0 atom stereocenters. The van der Waals surface area contributed by atoms with Gasteiger partial charge in [-0.2, -0.15) is 0 Å². The monoisotopic (exact) mass is 506 g/mol. The summed E-state index contributed by atoms with van der Waals surface area (Å²) in [6.07, 6.45) is 12.4. The highest BCUT2D eigenvalue weighted by molar-refractivity contribution is 7.14. The van der Waals surface area contributed by atoms with Gasteiger partial charge in [-0.3, -0.25) is 19.6 Å². The molecule has 4 aromatic rings. The Morgan fingerprint density at radius 2 is 1.03 bits per heavy atom. The summed E-state index contributed by atoms with van der Waals surface area (Å²) in [5, 5.41) is 10.8. The molecule has 180 valence electrons. The van der Waals surface area contributed by atoms with E-state index in [2.05, 4.69) is 30.6 Å². The summed E-state index contributed by atoms with van der Waals surface area (Å²) in [5.74, 6) is -0.0378. The van der Waals surface area contributed by atoms with Gasteiger partial charge >= 0.3 is 0 Å². The summed E-state index contributed by atoms with van der Waals surface area (Å²) in [6.45, 7) is 0. The maximum Gasteiger partial charge on any atom is 0.226 e. The van der Waals surface area contributed by atoms with Gasteiger partial charge in [-0.25, -0.2) is 9.97 Å². The molecule has 0 bridgehead atoms. The summed E-state index contributed by atoms with van der Waals surface area (Å²) >= 11 is 2.84. The molecule has 2 amide bonds. The second kappa shape index (κ2) is 12.8. The van der Waals surface area contributed by atoms with Gasteiger partial charge < -0.3 is 10.6 Å². The van der Waals surface area contributed by atoms with Crippen LogP contribution in [0.1, 0.15) is 44.9 Å². The third kappa shape index (κ3) is 7.76. The summed E-state index contributed by atoms with van der Waals surface area (Å²) in [7, 11) is 0. The molecule has 0 unspecified atom stereocenters. The van der Waals surface area contributed by atoms with Crippen molar-refractivity contribution in [2.45, 2.75) is 44.9 Å². The van der Waals surface area contributed by atoms with E-state index in [-0.39, 0.29) is 11.8 Å². The van der Waals surface area contributed by atoms with Crippen LogP contribution >= 0.6 is 22.7 Å². The van der Waals surface area contributed by atoms with Crippen LogP contribution in [0.15, 0.2) is 59.8 Å². The van der Waals surface area contributed by atoms with Crippen molar-refractivity contribution in [1.29, 1.82) is 0 Å². The predicted molar refractivity (Wildman–Crippen MR) is 140 cm³/mol. The number of amides is 2. The molecule has 8 nitrogen and oxygen atoms in total. The van der Waals surface area contributed by atoms with Crippen LogP contribution in [-0.2, 0) is 9.59 Å². The lowest BCUT2D eigenvalue weighted by Gasteiger charge is -2.03. The van der Waals surface area contributed by atoms with Gasteiger partial charge in [-0.1, -0.05) is 19.3 Å². The van der Waals surface area contributed by atoms with Crippen LogP contribution in [0.3, 0.4) is 0 Å². The predicted octanol–water partition coefficient (Wildman–Crippen LogP) is 6.03. The smallest absolute Gasteiger partial charge is 0.226 e. The molecule has 4 heterocycles. The molecular weight excluding hydrogens is 480 g/mol. The van der Waals surface area contributed by atoms with E-state index in [4.69, 9.17) is 0 Å². The molecule has 0 radical (unpaired) electrons. The normalized spacial score (nSPS) is 10.7. The Morgan fingerprint density at radius 1 is 0.629 bits per heavy atom. The lowest BCUT2D eigenvalue weighted by Crippen LogP contribution is -2.11. The van der Waals surface area contributed by atoms with Gasteiger partial charge in [0.25, 0.3) is 0 Å². The SMILES string of the molecule is O=C(CCCCCCCC(=O)Nc1nc(-c2ccncc2)cs1)Nc1nc(-c2ccncc2)cs1. The molecular formula is C25H26N6O2S2. The van der Waals surface area contributed by atoms with Crippen molar-refractivity contribution in [2.24, 2.45) is 0 Å². The first-order valence-electron chi connectivity index (χ1n) is 11.5. The number of hydrogen-bond acceptors (Lipinski definition) is 8. The van der Waals surface area contributed by atoms with Crippen molar-refractivity contribution < 1.29 is 9.59 Å². The Balaban J connectivity index is 1.06. The van der Waals surface area contributed by atoms with Gasteiger partial charge in [-0.05, 0) is 37.1 Å². The number of pyridine rings is 2. The lowest BCUT2D eigenvalue weighted by atomic mass is 10.1. The number of aromatic nitrogens is 4. The van der Waals surface area contributed by atoms with Crippen molar-refractivity contribution in [2.75, 3.05) is 10.6 Å². The second-order valence-electron chi connectivity index (χ2n) is 7.91. The van der Waals surface area contributed by atoms with E-state index in [1.54, 1.807) is 24.8 Å². The van der Waals surface area contributed by atoms with Crippen LogP contribution in [0.25, 0.3) is 22.5 Å². The van der Waals surface area contributed by atoms with E-state index in [0.29, 0.717) is 23.1 Å². The number of thiazole rings is 2. The third-order valence-corrected chi connectivity index (χ3v) is 6.78. The molecule has 35 heavy (non-hydrogen) atoms. The van der Waals surface area contributed by atoms with Crippen molar-refractivity contribution in [1.82, 2.24) is 19.9 Å². The fourth-order valence-corrected chi connectivity index (χ4v) is 4.91. The molecule has 10 heteroatoms. The Kier molecular flexibility index (Phi) is 9.02. The molecule has 0 aliphatic rings. The zero-order valence-electron chi connectivity index (χ0n) is 19.1. The van der Waals surface area contributed by atoms with Crippen LogP contribution in [0.4, 0.5) is 10.3 Å². The summed E-state index contributed by atoms with van der Waals surface area (Å²) in [4.78, 5) is 41.3. The highest BCUT2D eigenvalue weighted by atomic mass is 32.1. The summed E-state index contributed by atoms with van der Waals surface area (Å²) < 4.78 is 0. The average molecular weight is 507 g/mol. The first-order valence-corrected chi connectivity index (χ1v) is 13.2. The summed E-state index contributed by atoms with van der Waals surface area (Å²) in [5.41, 5.74) is 3.63. The van der Waals surface area contributed by atoms with Gasteiger partial charge in [-0.15, -0.1) is 22.7 Å². The van der Waals surface area contributed by atoms with E-state index in [9.17, 15) is 9.59 Å². The first kappa shape index (κ1) is 24.6. The molecule has 2 N–H and O–H groups in total. The highest BCUT2D eigenvalue weighted by Crippen LogP contribution is 2.25. The van der Waals surface area contributed by atoms with Gasteiger partial charge in [0.1, 0.15) is 0 Å². The van der Waals surface area contributed by atoms with Crippen LogP contribution in [0.2, 0.25) is 0 Å². The molecule has 0 aromatic carbocycles. The van der Waals surface area contributed by atoms with E-state index < -0.39 is 0 Å². The van der Waals surface area contributed by atoms with Crippen LogP contribution in [-0.4, -0.2) is 31.8 Å². The zero-order chi connectivity index (χ0) is 24.3. The molecule has 0 fully saturated rings. The number of nitrogens with one attached hydrogen (secondary N) is 2. The van der Waals surface area contributed by atoms with Crippen molar-refractivity contribution >= 4 is 44.8 Å². The Morgan fingerprint density at radius 3 is 1.46 bits per heavy atom. The molecule has 0 saturated carbocycles. The molecule has 0 aliphatic heterocycles. The van der Waals surface area contributed by atoms with Crippen molar-refractivity contribution in [3.05, 3.63) is 59.8 Å². The van der Waals surface area contributed by atoms with Crippen LogP contribution in [0.5, 0.6) is 0 Å². The highest BCUT2D eigenvalue weighted by Gasteiger charge is 2.09. The van der Waals surface area contributed by atoms with Gasteiger partial charge in [0, 0.05) is 59.5 Å². The largest absolute Gasteiger partial charge is 0.302 e. The van der Waals surface area contributed by atoms with Crippen LogP contribution in [0, 0.1) is 0 Å². The topological polar surface area (TPSA) is 110 Å². The Labute approximate surface area is 211 Å². The number of rotatable bonds is 12. The van der Waals surface area contributed by atoms with Gasteiger partial charge in [0.05, 0.1) is 11.4 Å². The van der Waals surface area contributed by atoms with E-state index in [1.807, 2.05) is 35.0 Å². The number of anilines is 2. The molecule has 4 aromatic heterocycles. The minimum absolute atomic E-state index is 0.0189. The van der Waals surface area contributed by atoms with Crippen LogP contribution < -0.4 is 10.6 Å². The molecule has 4 rings (SSSR count). The molecule has 0 spiro atoms. The van der Waals surface area contributed by atoms with E-state index >= 15 is 0 Å². The molecule has 0 aliphatic carbocycles. The molecule has 0 saturated heterocycles. The van der Waals surface area contributed by atoms with Crippen molar-refractivity contribution in [3.8, 4) is 22.5 Å². The fourth-order valence-electron chi connectivity index (χ4n) is 3.44. The van der Waals surface area contributed by atoms with Gasteiger partial charge in [0.2, 0.25) is 11.8 Å². The second-order valence-corrected chi connectivity index (χ2v) is 9.63. The number of unbranched alkanes of at least 4 members (excludes halogenated alkanes) is 4. The standard InChI is InChI=1S/C25H26N6O2S2/c32-22(30-24-28-20(16-34-24)18-8-12-26-13-9-18)6-4-2-1-3-5-7-23(33)31-25-29-21(17-35-25)19-10-14-27-15-11-19/h8-17H,1-7H2,(H,28,30,32)(H,29,31,33). The zero-order valence-corrected chi connectivity index (χ0v) is 20.8. The minimum Gasteiger partial charge on any atom is -0.302 e. The first-order chi connectivity index (χ1) is 17.2. The number of carbonyl (C=O) groups excluding carboxylic acids is 2. The fraction of sp³-hybridized carbons (Fsp3) is 0.280. The Hall–Kier alpha value is -3.50. The Bertz CT molecular complexity index is 1130. The number of carbonyl (C=O) groups is 2. The number of hydrogen-bond donors (Lipinski definition) is 2. The summed E-state index contributed by atoms with van der Waals surface area (Å²) in [6, 6.07) is 7.57.